The lowest BCUT2D eigenvalue weighted by molar-refractivity contribution is 0.808. The zero-order valence-electron chi connectivity index (χ0n) is 10.5. The van der Waals surface area contributed by atoms with Crippen molar-refractivity contribution in [2.75, 3.05) is 0 Å². The summed E-state index contributed by atoms with van der Waals surface area (Å²) in [6.07, 6.45) is 1.93. The predicted octanol–water partition coefficient (Wildman–Crippen LogP) is 2.12. The SMILES string of the molecule is CC(C)c1cn(C)c(=O)c2c(CN)cccc12. The molecule has 90 valence electrons. The lowest BCUT2D eigenvalue weighted by Crippen LogP contribution is -2.19. The number of pyridine rings is 1. The topological polar surface area (TPSA) is 48.0 Å². The summed E-state index contributed by atoms with van der Waals surface area (Å²) in [5.74, 6) is 0.386. The van der Waals surface area contributed by atoms with Gasteiger partial charge in [-0.2, -0.15) is 0 Å². The van der Waals surface area contributed by atoms with Crippen LogP contribution in [0.5, 0.6) is 0 Å². The monoisotopic (exact) mass is 230 g/mol. The van der Waals surface area contributed by atoms with E-state index in [0.29, 0.717) is 12.5 Å². The standard InChI is InChI=1S/C14H18N2O/c1-9(2)12-8-16(3)14(17)13-10(7-15)5-4-6-11(12)13/h4-6,8-9H,7,15H2,1-3H3. The highest BCUT2D eigenvalue weighted by atomic mass is 16.1. The Kier molecular flexibility index (Phi) is 3.03. The van der Waals surface area contributed by atoms with E-state index in [4.69, 9.17) is 5.73 Å². The zero-order chi connectivity index (χ0) is 12.6. The molecule has 0 radical (unpaired) electrons. The molecular formula is C14H18N2O. The van der Waals surface area contributed by atoms with Crippen molar-refractivity contribution in [2.24, 2.45) is 12.8 Å². The largest absolute Gasteiger partial charge is 0.326 e. The van der Waals surface area contributed by atoms with Gasteiger partial charge in [-0.15, -0.1) is 0 Å². The molecule has 1 heterocycles. The fourth-order valence-corrected chi connectivity index (χ4v) is 2.24. The molecule has 0 saturated carbocycles. The summed E-state index contributed by atoms with van der Waals surface area (Å²) in [6.45, 7) is 4.66. The molecule has 0 amide bonds. The van der Waals surface area contributed by atoms with Crippen LogP contribution in [0, 0.1) is 0 Å². The molecule has 0 fully saturated rings. The molecule has 0 spiro atoms. The first-order valence-corrected chi connectivity index (χ1v) is 5.87. The van der Waals surface area contributed by atoms with Crippen LogP contribution >= 0.6 is 0 Å². The van der Waals surface area contributed by atoms with Gasteiger partial charge in [0.15, 0.2) is 0 Å². The number of nitrogens with two attached hydrogens (primary N) is 1. The molecule has 2 rings (SSSR count). The number of aryl methyl sites for hydroxylation is 1. The molecule has 0 saturated heterocycles. The summed E-state index contributed by atoms with van der Waals surface area (Å²) in [5.41, 5.74) is 7.86. The third-order valence-electron chi connectivity index (χ3n) is 3.17. The summed E-state index contributed by atoms with van der Waals surface area (Å²) >= 11 is 0. The van der Waals surface area contributed by atoms with Gasteiger partial charge in [0, 0.05) is 19.8 Å². The van der Waals surface area contributed by atoms with Gasteiger partial charge in [-0.25, -0.2) is 0 Å². The summed E-state index contributed by atoms with van der Waals surface area (Å²) in [7, 11) is 1.79. The van der Waals surface area contributed by atoms with E-state index in [1.165, 1.54) is 5.56 Å². The van der Waals surface area contributed by atoms with E-state index in [9.17, 15) is 4.79 Å². The van der Waals surface area contributed by atoms with Gasteiger partial charge in [-0.1, -0.05) is 32.0 Å². The van der Waals surface area contributed by atoms with Crippen molar-refractivity contribution in [2.45, 2.75) is 26.3 Å². The minimum Gasteiger partial charge on any atom is -0.326 e. The van der Waals surface area contributed by atoms with Crippen molar-refractivity contribution in [1.82, 2.24) is 4.57 Å². The number of hydrogen-bond donors (Lipinski definition) is 1. The van der Waals surface area contributed by atoms with Crippen LogP contribution in [0.25, 0.3) is 10.8 Å². The minimum absolute atomic E-state index is 0.0328. The second-order valence-electron chi connectivity index (χ2n) is 4.70. The average molecular weight is 230 g/mol. The van der Waals surface area contributed by atoms with E-state index >= 15 is 0 Å². The van der Waals surface area contributed by atoms with Gasteiger partial charge in [-0.3, -0.25) is 4.79 Å². The van der Waals surface area contributed by atoms with E-state index in [0.717, 1.165) is 16.3 Å². The second kappa shape index (κ2) is 4.34. The summed E-state index contributed by atoms with van der Waals surface area (Å²) < 4.78 is 1.65. The molecule has 0 aliphatic carbocycles. The van der Waals surface area contributed by atoms with Crippen molar-refractivity contribution in [3.05, 3.63) is 45.9 Å². The van der Waals surface area contributed by atoms with Crippen LogP contribution in [0.15, 0.2) is 29.2 Å². The molecule has 2 aromatic rings. The first-order chi connectivity index (χ1) is 8.06. The highest BCUT2D eigenvalue weighted by Crippen LogP contribution is 2.24. The number of rotatable bonds is 2. The maximum atomic E-state index is 12.2. The van der Waals surface area contributed by atoms with Gasteiger partial charge in [-0.05, 0) is 22.4 Å². The van der Waals surface area contributed by atoms with Crippen LogP contribution in [0.2, 0.25) is 0 Å². The third kappa shape index (κ3) is 1.87. The van der Waals surface area contributed by atoms with Gasteiger partial charge in [0.2, 0.25) is 0 Å². The average Bonchev–Trinajstić information content (AvgIpc) is 2.32. The van der Waals surface area contributed by atoms with E-state index in [1.54, 1.807) is 11.6 Å². The second-order valence-corrected chi connectivity index (χ2v) is 4.70. The van der Waals surface area contributed by atoms with E-state index in [2.05, 4.69) is 13.8 Å². The Hall–Kier alpha value is -1.61. The van der Waals surface area contributed by atoms with Gasteiger partial charge < -0.3 is 10.3 Å². The number of hydrogen-bond acceptors (Lipinski definition) is 2. The molecule has 0 aliphatic heterocycles. The Labute approximate surface area is 101 Å². The van der Waals surface area contributed by atoms with Crippen molar-refractivity contribution < 1.29 is 0 Å². The molecule has 1 aromatic carbocycles. The highest BCUT2D eigenvalue weighted by Gasteiger charge is 2.12. The summed E-state index contributed by atoms with van der Waals surface area (Å²) in [5, 5.41) is 1.80. The van der Waals surface area contributed by atoms with Crippen molar-refractivity contribution >= 4 is 10.8 Å². The molecule has 3 heteroatoms. The Morgan fingerprint density at radius 2 is 2.06 bits per heavy atom. The van der Waals surface area contributed by atoms with Crippen LogP contribution in [0.3, 0.4) is 0 Å². The maximum Gasteiger partial charge on any atom is 0.258 e. The lowest BCUT2D eigenvalue weighted by Gasteiger charge is -2.14. The van der Waals surface area contributed by atoms with Crippen LogP contribution in [0.1, 0.15) is 30.9 Å². The fourth-order valence-electron chi connectivity index (χ4n) is 2.24. The molecule has 3 nitrogen and oxygen atoms in total. The summed E-state index contributed by atoms with van der Waals surface area (Å²) in [4.78, 5) is 12.2. The van der Waals surface area contributed by atoms with Crippen molar-refractivity contribution in [3.63, 3.8) is 0 Å². The van der Waals surface area contributed by atoms with Crippen LogP contribution in [-0.2, 0) is 13.6 Å². The van der Waals surface area contributed by atoms with Crippen molar-refractivity contribution in [3.8, 4) is 0 Å². The van der Waals surface area contributed by atoms with Crippen LogP contribution in [0.4, 0.5) is 0 Å². The van der Waals surface area contributed by atoms with Gasteiger partial charge in [0.05, 0.1) is 5.39 Å². The zero-order valence-corrected chi connectivity index (χ0v) is 10.5. The Morgan fingerprint density at radius 1 is 1.35 bits per heavy atom. The number of nitrogens with zero attached hydrogens (tertiary/aromatic N) is 1. The first-order valence-electron chi connectivity index (χ1n) is 5.87. The Morgan fingerprint density at radius 3 is 2.65 bits per heavy atom. The normalized spacial score (nSPS) is 11.4. The van der Waals surface area contributed by atoms with E-state index in [-0.39, 0.29) is 5.56 Å². The third-order valence-corrected chi connectivity index (χ3v) is 3.17. The molecule has 0 unspecified atom stereocenters. The number of benzene rings is 1. The summed E-state index contributed by atoms with van der Waals surface area (Å²) in [6, 6.07) is 5.90. The molecule has 0 aliphatic rings. The molecule has 17 heavy (non-hydrogen) atoms. The fraction of sp³-hybridized carbons (Fsp3) is 0.357. The highest BCUT2D eigenvalue weighted by molar-refractivity contribution is 5.88. The molecule has 0 atom stereocenters. The van der Waals surface area contributed by atoms with Gasteiger partial charge in [0.25, 0.3) is 5.56 Å². The molecular weight excluding hydrogens is 212 g/mol. The Bertz CT molecular complexity index is 611. The van der Waals surface area contributed by atoms with Crippen LogP contribution in [-0.4, -0.2) is 4.57 Å². The predicted molar refractivity (Wildman–Crippen MR) is 71.2 cm³/mol. The quantitative estimate of drug-likeness (QED) is 0.859. The number of aromatic nitrogens is 1. The van der Waals surface area contributed by atoms with E-state index < -0.39 is 0 Å². The van der Waals surface area contributed by atoms with Crippen molar-refractivity contribution in [1.29, 1.82) is 0 Å². The number of fused-ring (bicyclic) bond motifs is 1. The first kappa shape index (κ1) is 11.9. The molecule has 0 bridgehead atoms. The smallest absolute Gasteiger partial charge is 0.258 e. The Balaban J connectivity index is 2.98. The molecule has 2 N–H and O–H groups in total. The minimum atomic E-state index is 0.0328. The van der Waals surface area contributed by atoms with Gasteiger partial charge in [0.1, 0.15) is 0 Å². The van der Waals surface area contributed by atoms with E-state index in [1.807, 2.05) is 24.4 Å². The van der Waals surface area contributed by atoms with Gasteiger partial charge >= 0.3 is 0 Å². The van der Waals surface area contributed by atoms with Crippen LogP contribution < -0.4 is 11.3 Å². The molecule has 1 aromatic heterocycles. The maximum absolute atomic E-state index is 12.2. The lowest BCUT2D eigenvalue weighted by atomic mass is 9.96.